The maximum absolute atomic E-state index is 5.49. The molecule has 0 amide bonds. The van der Waals surface area contributed by atoms with Crippen molar-refractivity contribution in [1.29, 1.82) is 0 Å². The average molecular weight is 292 g/mol. The molecule has 3 rings (SSSR count). The third-order valence-corrected chi connectivity index (χ3v) is 4.54. The quantitative estimate of drug-likeness (QED) is 0.880. The first kappa shape index (κ1) is 13.6. The van der Waals surface area contributed by atoms with Crippen molar-refractivity contribution in [3.63, 3.8) is 0 Å². The van der Waals surface area contributed by atoms with Crippen LogP contribution in [0.1, 0.15) is 19.8 Å². The summed E-state index contributed by atoms with van der Waals surface area (Å²) in [5.74, 6) is 0.859. The Bertz CT molecular complexity index is 668. The molecule has 2 aromatic rings. The van der Waals surface area contributed by atoms with Crippen LogP contribution in [-0.2, 0) is 11.3 Å². The predicted molar refractivity (Wildman–Crippen MR) is 81.8 cm³/mol. The molecule has 1 fully saturated rings. The van der Waals surface area contributed by atoms with Gasteiger partial charge in [0.15, 0.2) is 4.77 Å². The van der Waals surface area contributed by atoms with Gasteiger partial charge in [0.25, 0.3) is 0 Å². The van der Waals surface area contributed by atoms with Crippen LogP contribution in [0.5, 0.6) is 5.75 Å². The average Bonchev–Trinajstić information content (AvgIpc) is 2.75. The van der Waals surface area contributed by atoms with Crippen LogP contribution in [0.2, 0.25) is 0 Å². The number of hydrogen-bond acceptors (Lipinski definition) is 3. The molecule has 1 aliphatic rings. The number of aromatic nitrogens is 2. The Labute approximate surface area is 123 Å². The van der Waals surface area contributed by atoms with Crippen molar-refractivity contribution in [2.45, 2.75) is 26.3 Å². The first-order chi connectivity index (χ1) is 9.61. The van der Waals surface area contributed by atoms with E-state index in [1.54, 1.807) is 7.11 Å². The minimum Gasteiger partial charge on any atom is -0.497 e. The lowest BCUT2D eigenvalue weighted by Gasteiger charge is -2.33. The Kier molecular flexibility index (Phi) is 3.56. The summed E-state index contributed by atoms with van der Waals surface area (Å²) in [5, 5.41) is 0. The van der Waals surface area contributed by atoms with Crippen LogP contribution < -0.4 is 4.74 Å². The first-order valence-corrected chi connectivity index (χ1v) is 7.36. The number of ether oxygens (including phenoxy) is 2. The van der Waals surface area contributed by atoms with E-state index in [0.717, 1.165) is 54.2 Å². The van der Waals surface area contributed by atoms with Gasteiger partial charge in [-0.2, -0.15) is 0 Å². The number of nitrogens with zero attached hydrogens (tertiary/aromatic N) is 1. The van der Waals surface area contributed by atoms with Crippen molar-refractivity contribution in [3.8, 4) is 5.75 Å². The van der Waals surface area contributed by atoms with E-state index in [9.17, 15) is 0 Å². The summed E-state index contributed by atoms with van der Waals surface area (Å²) in [6.45, 7) is 4.92. The van der Waals surface area contributed by atoms with E-state index < -0.39 is 0 Å². The second-order valence-corrected chi connectivity index (χ2v) is 6.21. The van der Waals surface area contributed by atoms with Crippen molar-refractivity contribution in [1.82, 2.24) is 9.55 Å². The highest BCUT2D eigenvalue weighted by Gasteiger charge is 2.28. The summed E-state index contributed by atoms with van der Waals surface area (Å²) in [7, 11) is 1.69. The zero-order chi connectivity index (χ0) is 14.2. The highest BCUT2D eigenvalue weighted by Crippen LogP contribution is 2.33. The molecule has 0 aliphatic carbocycles. The Morgan fingerprint density at radius 2 is 2.15 bits per heavy atom. The Balaban J connectivity index is 2.01. The van der Waals surface area contributed by atoms with Crippen LogP contribution in [0, 0.1) is 10.2 Å². The van der Waals surface area contributed by atoms with E-state index in [1.165, 1.54) is 0 Å². The predicted octanol–water partition coefficient (Wildman–Crippen LogP) is 3.52. The molecule has 0 saturated carbocycles. The zero-order valence-electron chi connectivity index (χ0n) is 11.9. The van der Waals surface area contributed by atoms with Crippen LogP contribution in [0.3, 0.4) is 0 Å². The lowest BCUT2D eigenvalue weighted by Crippen LogP contribution is -2.31. The van der Waals surface area contributed by atoms with Gasteiger partial charge in [-0.05, 0) is 42.6 Å². The number of aromatic amines is 1. The van der Waals surface area contributed by atoms with Crippen molar-refractivity contribution < 1.29 is 9.47 Å². The number of imidazole rings is 1. The molecule has 0 spiro atoms. The summed E-state index contributed by atoms with van der Waals surface area (Å²) in [4.78, 5) is 3.28. The SMILES string of the molecule is COc1ccc2[nH]c(=S)n(CC3(C)CCOCC3)c2c1. The minimum atomic E-state index is 0.245. The van der Waals surface area contributed by atoms with E-state index in [2.05, 4.69) is 16.5 Å². The van der Waals surface area contributed by atoms with Crippen LogP contribution in [-0.4, -0.2) is 29.9 Å². The molecule has 0 unspecified atom stereocenters. The zero-order valence-corrected chi connectivity index (χ0v) is 12.8. The molecule has 5 heteroatoms. The Morgan fingerprint density at radius 1 is 1.40 bits per heavy atom. The number of rotatable bonds is 3. The molecule has 1 aromatic heterocycles. The van der Waals surface area contributed by atoms with Crippen LogP contribution >= 0.6 is 12.2 Å². The molecule has 2 heterocycles. The molecular weight excluding hydrogens is 272 g/mol. The number of H-pyrrole nitrogens is 1. The second-order valence-electron chi connectivity index (χ2n) is 5.82. The molecule has 1 saturated heterocycles. The van der Waals surface area contributed by atoms with Gasteiger partial charge in [-0.3, -0.25) is 0 Å². The standard InChI is InChI=1S/C15H20N2O2S/c1-15(5-7-19-8-6-15)10-17-13-9-11(18-2)3-4-12(13)16-14(17)20/h3-4,9H,5-8,10H2,1-2H3,(H,16,20). The van der Waals surface area contributed by atoms with Gasteiger partial charge < -0.3 is 19.0 Å². The largest absolute Gasteiger partial charge is 0.497 e. The van der Waals surface area contributed by atoms with Crippen LogP contribution in [0.25, 0.3) is 11.0 Å². The summed E-state index contributed by atoms with van der Waals surface area (Å²) in [6.07, 6.45) is 2.15. The Hall–Kier alpha value is -1.33. The van der Waals surface area contributed by atoms with E-state index in [4.69, 9.17) is 21.7 Å². The van der Waals surface area contributed by atoms with Crippen molar-refractivity contribution in [2.24, 2.45) is 5.41 Å². The number of benzene rings is 1. The maximum Gasteiger partial charge on any atom is 0.178 e. The maximum atomic E-state index is 5.49. The fourth-order valence-electron chi connectivity index (χ4n) is 2.82. The molecule has 1 aliphatic heterocycles. The van der Waals surface area contributed by atoms with Crippen molar-refractivity contribution >= 4 is 23.3 Å². The molecule has 108 valence electrons. The van der Waals surface area contributed by atoms with Gasteiger partial charge in [-0.15, -0.1) is 0 Å². The van der Waals surface area contributed by atoms with Crippen molar-refractivity contribution in [2.75, 3.05) is 20.3 Å². The molecule has 0 bridgehead atoms. The molecule has 0 radical (unpaired) electrons. The number of fused-ring (bicyclic) bond motifs is 1. The second kappa shape index (κ2) is 5.22. The van der Waals surface area contributed by atoms with E-state index in [1.807, 2.05) is 18.2 Å². The molecule has 20 heavy (non-hydrogen) atoms. The molecular formula is C15H20N2O2S. The molecule has 4 nitrogen and oxygen atoms in total. The summed E-state index contributed by atoms with van der Waals surface area (Å²) in [5.41, 5.74) is 2.42. The topological polar surface area (TPSA) is 39.2 Å². The van der Waals surface area contributed by atoms with Gasteiger partial charge >= 0.3 is 0 Å². The van der Waals surface area contributed by atoms with E-state index >= 15 is 0 Å². The summed E-state index contributed by atoms with van der Waals surface area (Å²) < 4.78 is 13.8. The molecule has 1 N–H and O–H groups in total. The smallest absolute Gasteiger partial charge is 0.178 e. The molecule has 0 atom stereocenters. The summed E-state index contributed by atoms with van der Waals surface area (Å²) in [6, 6.07) is 6.02. The van der Waals surface area contributed by atoms with E-state index in [0.29, 0.717) is 0 Å². The van der Waals surface area contributed by atoms with Gasteiger partial charge in [0, 0.05) is 25.8 Å². The van der Waals surface area contributed by atoms with Gasteiger partial charge in [-0.1, -0.05) is 6.92 Å². The number of hydrogen-bond donors (Lipinski definition) is 1. The lowest BCUT2D eigenvalue weighted by molar-refractivity contribution is 0.0158. The first-order valence-electron chi connectivity index (χ1n) is 6.96. The third-order valence-electron chi connectivity index (χ3n) is 4.22. The van der Waals surface area contributed by atoms with Gasteiger partial charge in [0.1, 0.15) is 5.75 Å². The highest BCUT2D eigenvalue weighted by atomic mass is 32.1. The lowest BCUT2D eigenvalue weighted by atomic mass is 9.82. The van der Waals surface area contributed by atoms with Crippen LogP contribution in [0.4, 0.5) is 0 Å². The van der Waals surface area contributed by atoms with Crippen LogP contribution in [0.15, 0.2) is 18.2 Å². The fourth-order valence-corrected chi connectivity index (χ4v) is 3.09. The third kappa shape index (κ3) is 2.47. The number of nitrogens with one attached hydrogen (secondary N) is 1. The molecule has 1 aromatic carbocycles. The minimum absolute atomic E-state index is 0.245. The van der Waals surface area contributed by atoms with Crippen molar-refractivity contribution in [3.05, 3.63) is 23.0 Å². The highest BCUT2D eigenvalue weighted by molar-refractivity contribution is 7.71. The normalized spacial score (nSPS) is 18.3. The monoisotopic (exact) mass is 292 g/mol. The Morgan fingerprint density at radius 3 is 2.85 bits per heavy atom. The van der Waals surface area contributed by atoms with Gasteiger partial charge in [0.2, 0.25) is 0 Å². The van der Waals surface area contributed by atoms with Gasteiger partial charge in [-0.25, -0.2) is 0 Å². The van der Waals surface area contributed by atoms with E-state index in [-0.39, 0.29) is 5.41 Å². The summed E-state index contributed by atoms with van der Waals surface area (Å²) >= 11 is 5.49. The van der Waals surface area contributed by atoms with Gasteiger partial charge in [0.05, 0.1) is 18.1 Å². The fraction of sp³-hybridized carbons (Fsp3) is 0.533. The number of methoxy groups -OCH3 is 1.